The van der Waals surface area contributed by atoms with Crippen LogP contribution in [-0.4, -0.2) is 32.5 Å². The minimum Gasteiger partial charge on any atom is -0.493 e. The van der Waals surface area contributed by atoms with Crippen molar-refractivity contribution in [2.45, 2.75) is 69.3 Å². The van der Waals surface area contributed by atoms with Crippen LogP contribution < -0.4 is 8.92 Å². The Balaban J connectivity index is 1.41. The van der Waals surface area contributed by atoms with E-state index >= 15 is 0 Å². The number of carbonyl (C=O) groups excluding carboxylic acids is 1. The molecule has 2 aromatic rings. The summed E-state index contributed by atoms with van der Waals surface area (Å²) in [6.45, 7) is 3.75. The number of methoxy groups -OCH3 is 1. The van der Waals surface area contributed by atoms with Crippen LogP contribution in [0.25, 0.3) is 0 Å². The van der Waals surface area contributed by atoms with Crippen LogP contribution in [0.15, 0.2) is 41.3 Å². The number of benzene rings is 2. The SMILES string of the molecule is COc1cc2c(cc1OS(=O)(=O)c1ccc([N+](=O)[O-])cc1)CCC1C2CC[C@@]2(C)C1CC[C@@H]2OC(C)=O. The summed E-state index contributed by atoms with van der Waals surface area (Å²) in [6, 6.07) is 8.25. The Morgan fingerprint density at radius 2 is 1.81 bits per heavy atom. The molecule has 3 aliphatic rings. The van der Waals surface area contributed by atoms with Crippen molar-refractivity contribution in [1.29, 1.82) is 0 Å². The molecule has 0 spiro atoms. The van der Waals surface area contributed by atoms with Crippen LogP contribution in [0.5, 0.6) is 11.5 Å². The predicted octanol–water partition coefficient (Wildman–Crippen LogP) is 5.16. The van der Waals surface area contributed by atoms with Crippen molar-refractivity contribution in [1.82, 2.24) is 0 Å². The summed E-state index contributed by atoms with van der Waals surface area (Å²) < 4.78 is 42.6. The zero-order chi connectivity index (χ0) is 26.5. The molecular weight excluding hydrogens is 498 g/mol. The number of nitrogens with zero attached hydrogens (tertiary/aromatic N) is 1. The standard InChI is InChI=1S/C27H31NO8S/c1-16(29)35-26-11-10-23-21-9-4-17-14-25(24(34-3)15-22(17)20(21)12-13-27(23,26)2)36-37(32,33)19-7-5-18(6-8-19)28(30)31/h5-8,14-15,20-21,23,26H,4,9-13H2,1-3H3/t20?,21?,23?,26-,27-/m0/s1. The molecule has 5 atom stereocenters. The van der Waals surface area contributed by atoms with Gasteiger partial charge in [0, 0.05) is 24.5 Å². The first-order chi connectivity index (χ1) is 17.5. The van der Waals surface area contributed by atoms with Crippen molar-refractivity contribution in [2.75, 3.05) is 7.11 Å². The molecule has 0 amide bonds. The number of nitro benzene ring substituents is 1. The molecule has 2 fully saturated rings. The largest absolute Gasteiger partial charge is 0.493 e. The molecule has 37 heavy (non-hydrogen) atoms. The zero-order valence-corrected chi connectivity index (χ0v) is 22.0. The summed E-state index contributed by atoms with van der Waals surface area (Å²) in [5.74, 6) is 1.48. The lowest BCUT2D eigenvalue weighted by atomic mass is 9.55. The molecule has 198 valence electrons. The van der Waals surface area contributed by atoms with Gasteiger partial charge in [-0.25, -0.2) is 0 Å². The van der Waals surface area contributed by atoms with Gasteiger partial charge in [-0.15, -0.1) is 0 Å². The fourth-order valence-corrected chi connectivity index (χ4v) is 7.98. The molecule has 0 N–H and O–H groups in total. The minimum absolute atomic E-state index is 0.0175. The smallest absolute Gasteiger partial charge is 0.339 e. The van der Waals surface area contributed by atoms with Gasteiger partial charge in [0.25, 0.3) is 5.69 Å². The summed E-state index contributed by atoms with van der Waals surface area (Å²) in [6.07, 6.45) is 5.60. The van der Waals surface area contributed by atoms with E-state index < -0.39 is 15.0 Å². The first-order valence-electron chi connectivity index (χ1n) is 12.6. The molecule has 2 saturated carbocycles. The second-order valence-electron chi connectivity index (χ2n) is 10.6. The van der Waals surface area contributed by atoms with Crippen molar-refractivity contribution < 1.29 is 31.8 Å². The Morgan fingerprint density at radius 1 is 1.08 bits per heavy atom. The van der Waals surface area contributed by atoms with E-state index in [0.717, 1.165) is 68.4 Å². The average molecular weight is 530 g/mol. The Labute approximate surface area is 216 Å². The van der Waals surface area contributed by atoms with E-state index in [0.29, 0.717) is 23.5 Å². The molecule has 10 heteroatoms. The monoisotopic (exact) mass is 529 g/mol. The van der Waals surface area contributed by atoms with Gasteiger partial charge in [0.15, 0.2) is 11.5 Å². The topological polar surface area (TPSA) is 122 Å². The molecule has 0 heterocycles. The predicted molar refractivity (Wildman–Crippen MR) is 134 cm³/mol. The van der Waals surface area contributed by atoms with Gasteiger partial charge in [-0.05, 0) is 91.7 Å². The highest BCUT2D eigenvalue weighted by Gasteiger charge is 2.56. The molecular formula is C27H31NO8S. The highest BCUT2D eigenvalue weighted by molar-refractivity contribution is 7.87. The number of non-ortho nitro benzene ring substituents is 1. The van der Waals surface area contributed by atoms with E-state index in [4.69, 9.17) is 13.7 Å². The van der Waals surface area contributed by atoms with E-state index in [1.165, 1.54) is 19.6 Å². The van der Waals surface area contributed by atoms with Crippen LogP contribution in [0.4, 0.5) is 5.69 Å². The van der Waals surface area contributed by atoms with E-state index in [-0.39, 0.29) is 33.8 Å². The summed E-state index contributed by atoms with van der Waals surface area (Å²) in [7, 11) is -2.74. The minimum atomic E-state index is -4.22. The fraction of sp³-hybridized carbons (Fsp3) is 0.519. The second kappa shape index (κ2) is 9.31. The van der Waals surface area contributed by atoms with Crippen molar-refractivity contribution in [2.24, 2.45) is 17.3 Å². The number of hydrogen-bond acceptors (Lipinski definition) is 8. The van der Waals surface area contributed by atoms with Crippen molar-refractivity contribution in [3.05, 3.63) is 57.6 Å². The van der Waals surface area contributed by atoms with Gasteiger partial charge in [-0.1, -0.05) is 6.92 Å². The number of rotatable bonds is 6. The molecule has 0 aliphatic heterocycles. The van der Waals surface area contributed by atoms with Crippen LogP contribution >= 0.6 is 0 Å². The molecule has 2 aromatic carbocycles. The van der Waals surface area contributed by atoms with Gasteiger partial charge >= 0.3 is 16.1 Å². The summed E-state index contributed by atoms with van der Waals surface area (Å²) in [5, 5.41) is 10.9. The van der Waals surface area contributed by atoms with Gasteiger partial charge in [0.1, 0.15) is 11.0 Å². The van der Waals surface area contributed by atoms with Crippen LogP contribution in [0.1, 0.15) is 63.0 Å². The van der Waals surface area contributed by atoms with Crippen molar-refractivity contribution in [3.63, 3.8) is 0 Å². The molecule has 0 aromatic heterocycles. The average Bonchev–Trinajstić information content (AvgIpc) is 3.18. The molecule has 5 rings (SSSR count). The van der Waals surface area contributed by atoms with Gasteiger partial charge in [0.05, 0.1) is 12.0 Å². The quantitative estimate of drug-likeness (QED) is 0.218. The lowest BCUT2D eigenvalue weighted by Gasteiger charge is -2.50. The third kappa shape index (κ3) is 4.45. The highest BCUT2D eigenvalue weighted by atomic mass is 32.2. The summed E-state index contributed by atoms with van der Waals surface area (Å²) in [5.41, 5.74) is 2.00. The highest BCUT2D eigenvalue weighted by Crippen LogP contribution is 2.62. The summed E-state index contributed by atoms with van der Waals surface area (Å²) >= 11 is 0. The molecule has 3 unspecified atom stereocenters. The van der Waals surface area contributed by atoms with E-state index in [2.05, 4.69) is 6.92 Å². The van der Waals surface area contributed by atoms with Gasteiger partial charge in [-0.3, -0.25) is 14.9 Å². The van der Waals surface area contributed by atoms with Gasteiger partial charge in [-0.2, -0.15) is 8.42 Å². The Kier molecular flexibility index (Phi) is 6.42. The van der Waals surface area contributed by atoms with E-state index in [9.17, 15) is 23.3 Å². The van der Waals surface area contributed by atoms with Crippen LogP contribution in [0, 0.1) is 27.4 Å². The first-order valence-corrected chi connectivity index (χ1v) is 14.0. The van der Waals surface area contributed by atoms with Crippen molar-refractivity contribution in [3.8, 4) is 11.5 Å². The third-order valence-electron chi connectivity index (χ3n) is 8.77. The number of ether oxygens (including phenoxy) is 2. The first kappa shape index (κ1) is 25.5. The van der Waals surface area contributed by atoms with E-state index in [1.807, 2.05) is 6.07 Å². The maximum absolute atomic E-state index is 12.9. The maximum Gasteiger partial charge on any atom is 0.339 e. The fourth-order valence-electron chi connectivity index (χ4n) is 7.05. The van der Waals surface area contributed by atoms with Gasteiger partial charge < -0.3 is 13.7 Å². The number of hydrogen-bond donors (Lipinski definition) is 0. The molecule has 0 saturated heterocycles. The van der Waals surface area contributed by atoms with Crippen molar-refractivity contribution >= 4 is 21.8 Å². The van der Waals surface area contributed by atoms with Crippen LogP contribution in [0.3, 0.4) is 0 Å². The lowest BCUT2D eigenvalue weighted by Crippen LogP contribution is -2.45. The summed E-state index contributed by atoms with van der Waals surface area (Å²) in [4.78, 5) is 21.8. The second-order valence-corrected chi connectivity index (χ2v) is 12.2. The Hall–Kier alpha value is -3.14. The van der Waals surface area contributed by atoms with Crippen LogP contribution in [-0.2, 0) is 26.1 Å². The number of aryl methyl sites for hydroxylation is 1. The normalized spacial score (nSPS) is 28.4. The molecule has 9 nitrogen and oxygen atoms in total. The molecule has 0 radical (unpaired) electrons. The maximum atomic E-state index is 12.9. The number of fused-ring (bicyclic) bond motifs is 5. The van der Waals surface area contributed by atoms with Gasteiger partial charge in [0.2, 0.25) is 0 Å². The Bertz CT molecular complexity index is 1340. The van der Waals surface area contributed by atoms with E-state index in [1.54, 1.807) is 6.07 Å². The number of esters is 1. The Morgan fingerprint density at radius 3 is 2.46 bits per heavy atom. The zero-order valence-electron chi connectivity index (χ0n) is 21.1. The lowest BCUT2D eigenvalue weighted by molar-refractivity contribution is -0.384. The molecule has 3 aliphatic carbocycles. The molecule has 0 bridgehead atoms. The van der Waals surface area contributed by atoms with Crippen LogP contribution in [0.2, 0.25) is 0 Å². The number of nitro groups is 1. The number of carbonyl (C=O) groups is 1. The third-order valence-corrected chi connectivity index (χ3v) is 10.0.